The number of rotatable bonds is 6. The van der Waals surface area contributed by atoms with Gasteiger partial charge in [0.15, 0.2) is 5.96 Å². The first-order valence-corrected chi connectivity index (χ1v) is 9.61. The lowest BCUT2D eigenvalue weighted by Gasteiger charge is -2.11. The van der Waals surface area contributed by atoms with Gasteiger partial charge in [0.25, 0.3) is 0 Å². The molecule has 0 saturated carbocycles. The summed E-state index contributed by atoms with van der Waals surface area (Å²) in [5.41, 5.74) is 5.07. The fraction of sp³-hybridized carbons (Fsp3) is 0.182. The van der Waals surface area contributed by atoms with Crippen molar-refractivity contribution in [3.8, 4) is 17.1 Å². The lowest BCUT2D eigenvalue weighted by atomic mass is 10.1. The number of guanidine groups is 1. The summed E-state index contributed by atoms with van der Waals surface area (Å²) in [7, 11) is 1.74. The van der Waals surface area contributed by atoms with Crippen LogP contribution in [-0.2, 0) is 13.1 Å². The van der Waals surface area contributed by atoms with Crippen molar-refractivity contribution in [3.63, 3.8) is 0 Å². The van der Waals surface area contributed by atoms with Gasteiger partial charge in [-0.2, -0.15) is 5.10 Å². The third-order valence-corrected chi connectivity index (χ3v) is 4.59. The Hall–Kier alpha value is -3.21. The smallest absolute Gasteiger partial charge is 0.226 e. The van der Waals surface area contributed by atoms with Crippen molar-refractivity contribution >= 4 is 29.9 Å². The molecule has 0 atom stereocenters. The molecule has 2 aromatic heterocycles. The third-order valence-electron chi connectivity index (χ3n) is 4.59. The molecule has 0 aliphatic heterocycles. The van der Waals surface area contributed by atoms with Crippen LogP contribution >= 0.6 is 24.0 Å². The fourth-order valence-corrected chi connectivity index (χ4v) is 2.91. The van der Waals surface area contributed by atoms with Crippen LogP contribution < -0.4 is 10.6 Å². The quantitative estimate of drug-likeness (QED) is 0.225. The Morgan fingerprint density at radius 2 is 1.77 bits per heavy atom. The van der Waals surface area contributed by atoms with E-state index in [1.165, 1.54) is 11.9 Å². The third kappa shape index (κ3) is 5.91. The maximum absolute atomic E-state index is 5.60. The van der Waals surface area contributed by atoms with Gasteiger partial charge in [0.1, 0.15) is 18.9 Å². The minimum absolute atomic E-state index is 0. The van der Waals surface area contributed by atoms with Gasteiger partial charge in [0, 0.05) is 19.2 Å². The summed E-state index contributed by atoms with van der Waals surface area (Å²) in [4.78, 5) is 12.8. The SMILES string of the molecule is CN=C(NCc1ccc(-n2cncn2)cc1)NCc1coc(-c2ccc(C)cc2)n1.I. The van der Waals surface area contributed by atoms with E-state index >= 15 is 0 Å². The van der Waals surface area contributed by atoms with Gasteiger partial charge in [0.05, 0.1) is 17.9 Å². The molecule has 160 valence electrons. The minimum atomic E-state index is 0. The van der Waals surface area contributed by atoms with Crippen LogP contribution in [0.1, 0.15) is 16.8 Å². The van der Waals surface area contributed by atoms with Crippen LogP contribution in [0.4, 0.5) is 0 Å². The maximum Gasteiger partial charge on any atom is 0.226 e. The van der Waals surface area contributed by atoms with Crippen molar-refractivity contribution in [2.75, 3.05) is 7.05 Å². The summed E-state index contributed by atoms with van der Waals surface area (Å²) in [6.07, 6.45) is 4.86. The Morgan fingerprint density at radius 3 is 2.45 bits per heavy atom. The monoisotopic (exact) mass is 529 g/mol. The van der Waals surface area contributed by atoms with E-state index in [9.17, 15) is 0 Å². The first kappa shape index (κ1) is 22.5. The predicted molar refractivity (Wildman–Crippen MR) is 130 cm³/mol. The average molecular weight is 529 g/mol. The molecule has 0 amide bonds. The van der Waals surface area contributed by atoms with Crippen LogP contribution in [0.3, 0.4) is 0 Å². The number of hydrogen-bond acceptors (Lipinski definition) is 5. The number of aromatic nitrogens is 4. The van der Waals surface area contributed by atoms with E-state index in [1.54, 1.807) is 24.3 Å². The lowest BCUT2D eigenvalue weighted by molar-refractivity contribution is 0.572. The molecule has 31 heavy (non-hydrogen) atoms. The van der Waals surface area contributed by atoms with Crippen molar-refractivity contribution in [2.45, 2.75) is 20.0 Å². The molecule has 4 rings (SSSR count). The van der Waals surface area contributed by atoms with Gasteiger partial charge in [-0.25, -0.2) is 14.6 Å². The van der Waals surface area contributed by atoms with Crippen molar-refractivity contribution in [1.82, 2.24) is 30.4 Å². The zero-order chi connectivity index (χ0) is 20.8. The highest BCUT2D eigenvalue weighted by Crippen LogP contribution is 2.19. The molecular weight excluding hydrogens is 505 g/mol. The van der Waals surface area contributed by atoms with Gasteiger partial charge in [-0.1, -0.05) is 29.8 Å². The zero-order valence-corrected chi connectivity index (χ0v) is 19.6. The molecule has 8 nitrogen and oxygen atoms in total. The normalized spacial score (nSPS) is 11.1. The first-order chi connectivity index (χ1) is 14.7. The fourth-order valence-electron chi connectivity index (χ4n) is 2.91. The Kier molecular flexibility index (Phi) is 7.76. The molecule has 2 N–H and O–H groups in total. The lowest BCUT2D eigenvalue weighted by Crippen LogP contribution is -2.36. The van der Waals surface area contributed by atoms with E-state index in [4.69, 9.17) is 4.42 Å². The number of nitrogens with zero attached hydrogens (tertiary/aromatic N) is 5. The summed E-state index contributed by atoms with van der Waals surface area (Å²) in [5.74, 6) is 1.30. The highest BCUT2D eigenvalue weighted by atomic mass is 127. The molecule has 0 spiro atoms. The second kappa shape index (κ2) is 10.7. The van der Waals surface area contributed by atoms with E-state index in [0.29, 0.717) is 24.9 Å². The largest absolute Gasteiger partial charge is 0.444 e. The molecule has 0 saturated heterocycles. The topological polar surface area (TPSA) is 93.2 Å². The summed E-state index contributed by atoms with van der Waals surface area (Å²) in [6.45, 7) is 3.21. The zero-order valence-electron chi connectivity index (χ0n) is 17.3. The predicted octanol–water partition coefficient (Wildman–Crippen LogP) is 3.71. The summed E-state index contributed by atoms with van der Waals surface area (Å²) in [6, 6.07) is 16.2. The second-order valence-corrected chi connectivity index (χ2v) is 6.80. The van der Waals surface area contributed by atoms with Gasteiger partial charge in [-0.3, -0.25) is 4.99 Å². The van der Waals surface area contributed by atoms with Crippen molar-refractivity contribution < 1.29 is 4.42 Å². The maximum atomic E-state index is 5.60. The van der Waals surface area contributed by atoms with Gasteiger partial charge >= 0.3 is 0 Å². The first-order valence-electron chi connectivity index (χ1n) is 9.61. The van der Waals surface area contributed by atoms with Gasteiger partial charge < -0.3 is 15.1 Å². The molecule has 0 aliphatic rings. The van der Waals surface area contributed by atoms with E-state index in [0.717, 1.165) is 22.5 Å². The Labute approximate surface area is 197 Å². The van der Waals surface area contributed by atoms with Crippen LogP contribution in [-0.4, -0.2) is 32.8 Å². The standard InChI is InChI=1S/C22H23N7O.HI/c1-16-3-7-18(8-4-16)21-28-19(13-30-21)12-26-22(23-2)25-11-17-5-9-20(10-6-17)29-15-24-14-27-29;/h3-10,13-15H,11-12H2,1-2H3,(H2,23,25,26);1H. The Balaban J connectivity index is 0.00000272. The summed E-state index contributed by atoms with van der Waals surface area (Å²) >= 11 is 0. The van der Waals surface area contributed by atoms with E-state index < -0.39 is 0 Å². The number of nitrogens with one attached hydrogen (secondary N) is 2. The van der Waals surface area contributed by atoms with Gasteiger partial charge in [-0.15, -0.1) is 24.0 Å². The van der Waals surface area contributed by atoms with Gasteiger partial charge in [0.2, 0.25) is 5.89 Å². The molecule has 0 bridgehead atoms. The minimum Gasteiger partial charge on any atom is -0.444 e. The molecule has 0 aliphatic carbocycles. The van der Waals surface area contributed by atoms with Crippen molar-refractivity contribution in [1.29, 1.82) is 0 Å². The number of halogens is 1. The Bertz CT molecular complexity index is 1100. The van der Waals surface area contributed by atoms with E-state index in [2.05, 4.69) is 37.6 Å². The molecule has 4 aromatic rings. The van der Waals surface area contributed by atoms with Crippen LogP contribution in [0, 0.1) is 6.92 Å². The summed E-state index contributed by atoms with van der Waals surface area (Å²) < 4.78 is 7.33. The summed E-state index contributed by atoms with van der Waals surface area (Å²) in [5, 5.41) is 10.7. The van der Waals surface area contributed by atoms with Crippen molar-refractivity contribution in [2.24, 2.45) is 4.99 Å². The molecule has 0 fully saturated rings. The van der Waals surface area contributed by atoms with Crippen molar-refractivity contribution in [3.05, 3.63) is 84.3 Å². The number of oxazole rings is 1. The van der Waals surface area contributed by atoms with E-state index in [1.807, 2.05) is 48.5 Å². The molecule has 2 heterocycles. The van der Waals surface area contributed by atoms with E-state index in [-0.39, 0.29) is 24.0 Å². The molecule has 2 aromatic carbocycles. The van der Waals surface area contributed by atoms with Crippen LogP contribution in [0.2, 0.25) is 0 Å². The number of aliphatic imine (C=N–C) groups is 1. The highest BCUT2D eigenvalue weighted by molar-refractivity contribution is 14.0. The molecule has 9 heteroatoms. The van der Waals surface area contributed by atoms with Crippen LogP contribution in [0.25, 0.3) is 17.1 Å². The molecular formula is C22H24IN7O. The number of hydrogen-bond donors (Lipinski definition) is 2. The highest BCUT2D eigenvalue weighted by Gasteiger charge is 2.07. The Morgan fingerprint density at radius 1 is 1.03 bits per heavy atom. The second-order valence-electron chi connectivity index (χ2n) is 6.80. The number of benzene rings is 2. The number of aryl methyl sites for hydroxylation is 1. The molecule has 0 radical (unpaired) electrons. The molecule has 0 unspecified atom stereocenters. The average Bonchev–Trinajstić information content (AvgIpc) is 3.47. The van der Waals surface area contributed by atoms with Crippen LogP contribution in [0.15, 0.2) is 76.9 Å². The van der Waals surface area contributed by atoms with Crippen LogP contribution in [0.5, 0.6) is 0 Å². The van der Waals surface area contributed by atoms with Gasteiger partial charge in [-0.05, 0) is 36.8 Å².